The molecule has 1 heterocycles. The Morgan fingerprint density at radius 1 is 1.04 bits per heavy atom. The van der Waals surface area contributed by atoms with Crippen LogP contribution in [0.1, 0.15) is 43.0 Å². The molecule has 0 fully saturated rings. The highest BCUT2D eigenvalue weighted by molar-refractivity contribution is 9.10. The SMILES string of the molecule is Cc1cc(-c2[c]cc(C(CC(C)C)c3cccc(Br)c3)cc2)ccn1. The molecule has 0 aliphatic heterocycles. The van der Waals surface area contributed by atoms with Crippen LogP contribution in [0, 0.1) is 18.9 Å². The first-order valence-electron chi connectivity index (χ1n) is 8.73. The zero-order valence-corrected chi connectivity index (χ0v) is 16.5. The van der Waals surface area contributed by atoms with Crippen molar-refractivity contribution in [2.75, 3.05) is 0 Å². The first-order valence-corrected chi connectivity index (χ1v) is 9.52. The number of rotatable bonds is 5. The molecule has 0 N–H and O–H groups in total. The summed E-state index contributed by atoms with van der Waals surface area (Å²) in [6.45, 7) is 6.58. The van der Waals surface area contributed by atoms with Gasteiger partial charge in [-0.2, -0.15) is 0 Å². The predicted octanol–water partition coefficient (Wildman–Crippen LogP) is 6.80. The third-order valence-electron chi connectivity index (χ3n) is 4.40. The van der Waals surface area contributed by atoms with Crippen LogP contribution >= 0.6 is 15.9 Å². The van der Waals surface area contributed by atoms with Gasteiger partial charge in [-0.1, -0.05) is 54.0 Å². The molecule has 0 bridgehead atoms. The van der Waals surface area contributed by atoms with Gasteiger partial charge in [-0.15, -0.1) is 0 Å². The fraction of sp³-hybridized carbons (Fsp3) is 0.261. The molecule has 1 unspecified atom stereocenters. The minimum absolute atomic E-state index is 0.391. The molecule has 1 aromatic heterocycles. The Hall–Kier alpha value is -1.93. The lowest BCUT2D eigenvalue weighted by atomic mass is 9.84. The van der Waals surface area contributed by atoms with Crippen LogP contribution in [0.3, 0.4) is 0 Å². The predicted molar refractivity (Wildman–Crippen MR) is 109 cm³/mol. The number of pyridine rings is 1. The van der Waals surface area contributed by atoms with E-state index < -0.39 is 0 Å². The van der Waals surface area contributed by atoms with E-state index in [9.17, 15) is 0 Å². The van der Waals surface area contributed by atoms with E-state index in [-0.39, 0.29) is 0 Å². The summed E-state index contributed by atoms with van der Waals surface area (Å²) in [5, 5.41) is 0. The van der Waals surface area contributed by atoms with Crippen molar-refractivity contribution in [3.8, 4) is 11.1 Å². The van der Waals surface area contributed by atoms with Gasteiger partial charge in [0.15, 0.2) is 0 Å². The fourth-order valence-corrected chi connectivity index (χ4v) is 3.62. The number of aromatic nitrogens is 1. The average Bonchev–Trinajstić information content (AvgIpc) is 2.60. The molecule has 0 saturated heterocycles. The van der Waals surface area contributed by atoms with Crippen LogP contribution in [0.4, 0.5) is 0 Å². The van der Waals surface area contributed by atoms with Crippen LogP contribution in [0.2, 0.25) is 0 Å². The van der Waals surface area contributed by atoms with Crippen LogP contribution < -0.4 is 0 Å². The van der Waals surface area contributed by atoms with Gasteiger partial charge in [0.05, 0.1) is 0 Å². The molecule has 3 rings (SSSR count). The molecule has 0 saturated carbocycles. The molecular weight excluding hydrogens is 370 g/mol. The molecule has 0 spiro atoms. The Bertz CT molecular complexity index is 837. The van der Waals surface area contributed by atoms with Crippen molar-refractivity contribution < 1.29 is 0 Å². The van der Waals surface area contributed by atoms with E-state index in [2.05, 4.69) is 89.4 Å². The van der Waals surface area contributed by atoms with Gasteiger partial charge in [0, 0.05) is 22.3 Å². The Morgan fingerprint density at radius 3 is 2.52 bits per heavy atom. The van der Waals surface area contributed by atoms with Crippen LogP contribution in [-0.2, 0) is 0 Å². The van der Waals surface area contributed by atoms with Crippen molar-refractivity contribution in [2.45, 2.75) is 33.1 Å². The van der Waals surface area contributed by atoms with Crippen molar-refractivity contribution in [1.29, 1.82) is 0 Å². The van der Waals surface area contributed by atoms with Crippen LogP contribution in [0.25, 0.3) is 11.1 Å². The molecule has 0 amide bonds. The number of hydrogen-bond acceptors (Lipinski definition) is 1. The molecule has 25 heavy (non-hydrogen) atoms. The maximum absolute atomic E-state index is 4.27. The standard InChI is InChI=1S/C23H23BrN/c1-16(2)13-23(21-5-4-6-22(24)15-21)19-9-7-18(8-10-19)20-11-12-25-17(3)14-20/h4-7,9-12,14-16,23H,13H2,1-3H3. The summed E-state index contributed by atoms with van der Waals surface area (Å²) >= 11 is 3.60. The molecule has 2 heteroatoms. The minimum atomic E-state index is 0.391. The van der Waals surface area contributed by atoms with Gasteiger partial charge in [0.2, 0.25) is 0 Å². The van der Waals surface area contributed by atoms with Crippen molar-refractivity contribution in [2.24, 2.45) is 5.92 Å². The smallest absolute Gasteiger partial charge is 0.0378 e. The summed E-state index contributed by atoms with van der Waals surface area (Å²) in [5.41, 5.74) is 5.99. The van der Waals surface area contributed by atoms with Crippen molar-refractivity contribution >= 4 is 15.9 Å². The summed E-state index contributed by atoms with van der Waals surface area (Å²) in [6.07, 6.45) is 2.98. The summed E-state index contributed by atoms with van der Waals surface area (Å²) in [4.78, 5) is 4.27. The summed E-state index contributed by atoms with van der Waals surface area (Å²) in [7, 11) is 0. The van der Waals surface area contributed by atoms with Gasteiger partial charge in [0.25, 0.3) is 0 Å². The number of aryl methyl sites for hydroxylation is 1. The molecule has 2 aromatic carbocycles. The molecule has 127 valence electrons. The highest BCUT2D eigenvalue weighted by atomic mass is 79.9. The monoisotopic (exact) mass is 392 g/mol. The fourth-order valence-electron chi connectivity index (χ4n) is 3.21. The van der Waals surface area contributed by atoms with Crippen LogP contribution in [0.15, 0.2) is 65.3 Å². The Labute approximate surface area is 159 Å². The molecule has 1 atom stereocenters. The van der Waals surface area contributed by atoms with E-state index in [1.54, 1.807) is 0 Å². The third-order valence-corrected chi connectivity index (χ3v) is 4.90. The molecule has 0 aliphatic carbocycles. The lowest BCUT2D eigenvalue weighted by Gasteiger charge is -2.21. The normalized spacial score (nSPS) is 12.4. The zero-order chi connectivity index (χ0) is 17.8. The van der Waals surface area contributed by atoms with E-state index in [0.717, 1.165) is 22.2 Å². The van der Waals surface area contributed by atoms with Crippen LogP contribution in [-0.4, -0.2) is 4.98 Å². The lowest BCUT2D eigenvalue weighted by molar-refractivity contribution is 0.541. The van der Waals surface area contributed by atoms with E-state index in [1.165, 1.54) is 16.7 Å². The van der Waals surface area contributed by atoms with E-state index in [0.29, 0.717) is 11.8 Å². The lowest BCUT2D eigenvalue weighted by Crippen LogP contribution is -2.05. The van der Waals surface area contributed by atoms with Gasteiger partial charge >= 0.3 is 0 Å². The molecule has 0 aliphatic rings. The molecule has 1 radical (unpaired) electrons. The van der Waals surface area contributed by atoms with E-state index in [4.69, 9.17) is 0 Å². The van der Waals surface area contributed by atoms with E-state index in [1.807, 2.05) is 19.2 Å². The van der Waals surface area contributed by atoms with E-state index >= 15 is 0 Å². The summed E-state index contributed by atoms with van der Waals surface area (Å²) < 4.78 is 1.13. The number of hydrogen-bond donors (Lipinski definition) is 0. The summed E-state index contributed by atoms with van der Waals surface area (Å²) in [6, 6.07) is 22.8. The van der Waals surface area contributed by atoms with Gasteiger partial charge in [-0.05, 0) is 77.9 Å². The first-order chi connectivity index (χ1) is 12.0. The quantitative estimate of drug-likeness (QED) is 0.465. The molecule has 3 aromatic rings. The maximum atomic E-state index is 4.27. The van der Waals surface area contributed by atoms with Gasteiger partial charge in [-0.3, -0.25) is 4.98 Å². The highest BCUT2D eigenvalue weighted by Gasteiger charge is 2.16. The number of nitrogens with zero attached hydrogens (tertiary/aromatic N) is 1. The molecule has 1 nitrogen and oxygen atoms in total. The Balaban J connectivity index is 1.94. The zero-order valence-electron chi connectivity index (χ0n) is 15.0. The third kappa shape index (κ3) is 4.58. The largest absolute Gasteiger partial charge is 0.262 e. The number of benzene rings is 2. The van der Waals surface area contributed by atoms with Gasteiger partial charge < -0.3 is 0 Å². The first kappa shape index (κ1) is 17.9. The minimum Gasteiger partial charge on any atom is -0.262 e. The Kier molecular flexibility index (Phi) is 5.70. The second-order valence-corrected chi connectivity index (χ2v) is 7.87. The maximum Gasteiger partial charge on any atom is 0.0378 e. The van der Waals surface area contributed by atoms with Gasteiger partial charge in [0.1, 0.15) is 0 Å². The second-order valence-electron chi connectivity index (χ2n) is 6.96. The topological polar surface area (TPSA) is 12.9 Å². The summed E-state index contributed by atoms with van der Waals surface area (Å²) in [5.74, 6) is 1.02. The van der Waals surface area contributed by atoms with Crippen LogP contribution in [0.5, 0.6) is 0 Å². The van der Waals surface area contributed by atoms with Gasteiger partial charge in [-0.25, -0.2) is 0 Å². The number of halogens is 1. The average molecular weight is 393 g/mol. The highest BCUT2D eigenvalue weighted by Crippen LogP contribution is 2.33. The van der Waals surface area contributed by atoms with Crippen molar-refractivity contribution in [3.05, 3.63) is 88.2 Å². The van der Waals surface area contributed by atoms with Crippen molar-refractivity contribution in [3.63, 3.8) is 0 Å². The molecular formula is C23H23BrN. The van der Waals surface area contributed by atoms with Crippen molar-refractivity contribution in [1.82, 2.24) is 4.98 Å². The Morgan fingerprint density at radius 2 is 1.88 bits per heavy atom. The second kappa shape index (κ2) is 7.97.